The van der Waals surface area contributed by atoms with Crippen LogP contribution in [-0.4, -0.2) is 27.8 Å². The molecule has 0 bridgehead atoms. The molecule has 0 atom stereocenters. The SMILES string of the molecule is CC(C)(CN)NC(=O)CCn1cccn1. The number of nitrogens with two attached hydrogens (primary N) is 1. The predicted octanol–water partition coefficient (Wildman–Crippen LogP) is 0.127. The van der Waals surface area contributed by atoms with Crippen molar-refractivity contribution in [1.82, 2.24) is 15.1 Å². The van der Waals surface area contributed by atoms with E-state index in [1.54, 1.807) is 10.9 Å². The van der Waals surface area contributed by atoms with Crippen molar-refractivity contribution in [2.75, 3.05) is 6.54 Å². The molecule has 0 aliphatic carbocycles. The van der Waals surface area contributed by atoms with Gasteiger partial charge in [-0.05, 0) is 19.9 Å². The van der Waals surface area contributed by atoms with E-state index in [1.165, 1.54) is 0 Å². The van der Waals surface area contributed by atoms with Gasteiger partial charge in [0, 0.05) is 37.4 Å². The van der Waals surface area contributed by atoms with Gasteiger partial charge >= 0.3 is 0 Å². The lowest BCUT2D eigenvalue weighted by Crippen LogP contribution is -2.49. The zero-order valence-electron chi connectivity index (χ0n) is 9.23. The molecule has 1 heterocycles. The first kappa shape index (κ1) is 11.7. The maximum absolute atomic E-state index is 11.5. The monoisotopic (exact) mass is 210 g/mol. The lowest BCUT2D eigenvalue weighted by Gasteiger charge is -2.24. The number of aryl methyl sites for hydroxylation is 1. The second-order valence-corrected chi connectivity index (χ2v) is 4.16. The summed E-state index contributed by atoms with van der Waals surface area (Å²) in [6.45, 7) is 4.83. The number of hydrogen-bond acceptors (Lipinski definition) is 3. The van der Waals surface area contributed by atoms with E-state index in [2.05, 4.69) is 10.4 Å². The summed E-state index contributed by atoms with van der Waals surface area (Å²) in [5.41, 5.74) is 5.18. The molecule has 5 heteroatoms. The molecule has 0 aliphatic heterocycles. The van der Waals surface area contributed by atoms with E-state index in [0.29, 0.717) is 19.5 Å². The summed E-state index contributed by atoms with van der Waals surface area (Å²) >= 11 is 0. The lowest BCUT2D eigenvalue weighted by molar-refractivity contribution is -0.122. The molecule has 1 aromatic heterocycles. The molecule has 1 rings (SSSR count). The highest BCUT2D eigenvalue weighted by molar-refractivity contribution is 5.76. The Morgan fingerprint density at radius 1 is 1.60 bits per heavy atom. The molecule has 0 saturated carbocycles. The molecule has 1 amide bonds. The minimum Gasteiger partial charge on any atom is -0.350 e. The molecule has 5 nitrogen and oxygen atoms in total. The first-order valence-electron chi connectivity index (χ1n) is 5.02. The average Bonchev–Trinajstić information content (AvgIpc) is 2.66. The van der Waals surface area contributed by atoms with Crippen LogP contribution in [0.15, 0.2) is 18.5 Å². The molecule has 0 aliphatic rings. The average molecular weight is 210 g/mol. The molecule has 1 aromatic rings. The van der Waals surface area contributed by atoms with Crippen LogP contribution in [0.25, 0.3) is 0 Å². The Morgan fingerprint density at radius 2 is 2.33 bits per heavy atom. The van der Waals surface area contributed by atoms with Gasteiger partial charge in [-0.1, -0.05) is 0 Å². The minimum absolute atomic E-state index is 0.000880. The van der Waals surface area contributed by atoms with E-state index in [4.69, 9.17) is 5.73 Å². The fraction of sp³-hybridized carbons (Fsp3) is 0.600. The van der Waals surface area contributed by atoms with Crippen LogP contribution in [0.1, 0.15) is 20.3 Å². The maximum atomic E-state index is 11.5. The Labute approximate surface area is 89.6 Å². The molecule has 3 N–H and O–H groups in total. The highest BCUT2D eigenvalue weighted by atomic mass is 16.1. The highest BCUT2D eigenvalue weighted by Gasteiger charge is 2.17. The minimum atomic E-state index is -0.332. The highest BCUT2D eigenvalue weighted by Crippen LogP contribution is 1.99. The summed E-state index contributed by atoms with van der Waals surface area (Å²) in [4.78, 5) is 11.5. The quantitative estimate of drug-likeness (QED) is 0.725. The van der Waals surface area contributed by atoms with Crippen LogP contribution in [-0.2, 0) is 11.3 Å². The number of amides is 1. The number of carbonyl (C=O) groups is 1. The number of nitrogens with one attached hydrogen (secondary N) is 1. The smallest absolute Gasteiger partial charge is 0.222 e. The van der Waals surface area contributed by atoms with Crippen LogP contribution < -0.4 is 11.1 Å². The number of hydrogen-bond donors (Lipinski definition) is 2. The first-order chi connectivity index (χ1) is 7.03. The molecule has 0 aromatic carbocycles. The van der Waals surface area contributed by atoms with Crippen molar-refractivity contribution < 1.29 is 4.79 Å². The van der Waals surface area contributed by atoms with Crippen molar-refractivity contribution in [3.8, 4) is 0 Å². The Kier molecular flexibility index (Phi) is 3.85. The van der Waals surface area contributed by atoms with Gasteiger partial charge in [-0.2, -0.15) is 5.10 Å². The van der Waals surface area contributed by atoms with Crippen molar-refractivity contribution in [2.45, 2.75) is 32.4 Å². The molecule has 84 valence electrons. The van der Waals surface area contributed by atoms with Crippen molar-refractivity contribution >= 4 is 5.91 Å². The second kappa shape index (κ2) is 4.93. The molecule has 0 saturated heterocycles. The third kappa shape index (κ3) is 4.12. The molecule has 15 heavy (non-hydrogen) atoms. The Balaban J connectivity index is 2.31. The summed E-state index contributed by atoms with van der Waals surface area (Å²) in [5, 5.41) is 6.88. The number of carbonyl (C=O) groups excluding carboxylic acids is 1. The van der Waals surface area contributed by atoms with Crippen LogP contribution in [0.2, 0.25) is 0 Å². The maximum Gasteiger partial charge on any atom is 0.222 e. The van der Waals surface area contributed by atoms with E-state index >= 15 is 0 Å². The topological polar surface area (TPSA) is 72.9 Å². The second-order valence-electron chi connectivity index (χ2n) is 4.16. The summed E-state index contributed by atoms with van der Waals surface area (Å²) < 4.78 is 1.73. The third-order valence-electron chi connectivity index (χ3n) is 2.12. The molecular formula is C10H18N4O. The Bertz CT molecular complexity index is 305. The van der Waals surface area contributed by atoms with Crippen LogP contribution in [0.5, 0.6) is 0 Å². The zero-order chi connectivity index (χ0) is 11.3. The summed E-state index contributed by atoms with van der Waals surface area (Å²) in [5.74, 6) is 0.000880. The van der Waals surface area contributed by atoms with Crippen molar-refractivity contribution in [3.63, 3.8) is 0 Å². The normalized spacial score (nSPS) is 11.4. The Hall–Kier alpha value is -1.36. The zero-order valence-corrected chi connectivity index (χ0v) is 9.23. The predicted molar refractivity (Wildman–Crippen MR) is 58.1 cm³/mol. The first-order valence-corrected chi connectivity index (χ1v) is 5.02. The molecular weight excluding hydrogens is 192 g/mol. The van der Waals surface area contributed by atoms with Gasteiger partial charge in [0.15, 0.2) is 0 Å². The van der Waals surface area contributed by atoms with E-state index in [0.717, 1.165) is 0 Å². The van der Waals surface area contributed by atoms with Crippen LogP contribution >= 0.6 is 0 Å². The van der Waals surface area contributed by atoms with Crippen molar-refractivity contribution in [3.05, 3.63) is 18.5 Å². The van der Waals surface area contributed by atoms with Gasteiger partial charge in [0.1, 0.15) is 0 Å². The van der Waals surface area contributed by atoms with Gasteiger partial charge in [-0.15, -0.1) is 0 Å². The molecule has 0 radical (unpaired) electrons. The standard InChI is InChI=1S/C10H18N4O/c1-10(2,8-11)13-9(15)4-7-14-6-3-5-12-14/h3,5-6H,4,7-8,11H2,1-2H3,(H,13,15). The summed E-state index contributed by atoms with van der Waals surface area (Å²) in [6, 6.07) is 1.84. The van der Waals surface area contributed by atoms with Gasteiger partial charge in [0.2, 0.25) is 5.91 Å². The van der Waals surface area contributed by atoms with Gasteiger partial charge in [-0.3, -0.25) is 9.48 Å². The lowest BCUT2D eigenvalue weighted by atomic mass is 10.1. The van der Waals surface area contributed by atoms with Crippen molar-refractivity contribution in [1.29, 1.82) is 0 Å². The largest absolute Gasteiger partial charge is 0.350 e. The van der Waals surface area contributed by atoms with Crippen LogP contribution in [0.4, 0.5) is 0 Å². The summed E-state index contributed by atoms with van der Waals surface area (Å²) in [6.07, 6.45) is 3.95. The van der Waals surface area contributed by atoms with Crippen molar-refractivity contribution in [2.24, 2.45) is 5.73 Å². The van der Waals surface area contributed by atoms with Gasteiger partial charge in [0.05, 0.1) is 0 Å². The number of nitrogens with zero attached hydrogens (tertiary/aromatic N) is 2. The van der Waals surface area contributed by atoms with Gasteiger partial charge in [-0.25, -0.2) is 0 Å². The molecule has 0 spiro atoms. The fourth-order valence-electron chi connectivity index (χ4n) is 1.14. The molecule has 0 fully saturated rings. The number of aromatic nitrogens is 2. The van der Waals surface area contributed by atoms with E-state index < -0.39 is 0 Å². The number of rotatable bonds is 5. The van der Waals surface area contributed by atoms with Gasteiger partial charge < -0.3 is 11.1 Å². The van der Waals surface area contributed by atoms with Gasteiger partial charge in [0.25, 0.3) is 0 Å². The van der Waals surface area contributed by atoms with E-state index in [-0.39, 0.29) is 11.4 Å². The van der Waals surface area contributed by atoms with E-state index in [9.17, 15) is 4.79 Å². The summed E-state index contributed by atoms with van der Waals surface area (Å²) in [7, 11) is 0. The van der Waals surface area contributed by atoms with Crippen LogP contribution in [0.3, 0.4) is 0 Å². The Morgan fingerprint density at radius 3 is 2.87 bits per heavy atom. The van der Waals surface area contributed by atoms with Crippen LogP contribution in [0, 0.1) is 0 Å². The molecule has 0 unspecified atom stereocenters. The van der Waals surface area contributed by atoms with E-state index in [1.807, 2.05) is 26.1 Å². The fourth-order valence-corrected chi connectivity index (χ4v) is 1.14. The third-order valence-corrected chi connectivity index (χ3v) is 2.12.